The zero-order valence-electron chi connectivity index (χ0n) is 6.90. The Kier molecular flexibility index (Phi) is 2.88. The van der Waals surface area contributed by atoms with Gasteiger partial charge < -0.3 is 5.11 Å². The van der Waals surface area contributed by atoms with Gasteiger partial charge >= 0.3 is 0 Å². The van der Waals surface area contributed by atoms with E-state index in [9.17, 15) is 9.90 Å². The summed E-state index contributed by atoms with van der Waals surface area (Å²) in [4.78, 5) is 11.1. The Bertz CT molecular complexity index is 425. The quantitative estimate of drug-likeness (QED) is 0.650. The Morgan fingerprint density at radius 1 is 1.38 bits per heavy atom. The molecule has 1 aromatic rings. The molecule has 0 radical (unpaired) electrons. The van der Waals surface area contributed by atoms with Crippen LogP contribution < -0.4 is 5.43 Å². The molecule has 64 valence electrons. The Morgan fingerprint density at radius 2 is 2.08 bits per heavy atom. The highest BCUT2D eigenvalue weighted by molar-refractivity contribution is 5.57. The summed E-state index contributed by atoms with van der Waals surface area (Å²) in [6, 6.07) is 6.14. The minimum Gasteiger partial charge on any atom is -0.504 e. The molecule has 2 nitrogen and oxygen atoms in total. The predicted molar refractivity (Wildman–Crippen MR) is 52.2 cm³/mol. The van der Waals surface area contributed by atoms with Crippen molar-refractivity contribution in [2.45, 2.75) is 0 Å². The van der Waals surface area contributed by atoms with Crippen LogP contribution in [0.1, 0.15) is 5.56 Å². The topological polar surface area (TPSA) is 37.3 Å². The number of terminal acetylenes is 1. The fourth-order valence-corrected chi connectivity index (χ4v) is 0.875. The van der Waals surface area contributed by atoms with E-state index in [1.54, 1.807) is 18.2 Å². The Labute approximate surface area is 76.2 Å². The smallest absolute Gasteiger partial charge is 0.220 e. The Morgan fingerprint density at radius 3 is 2.77 bits per heavy atom. The molecule has 0 saturated carbocycles. The summed E-state index contributed by atoms with van der Waals surface area (Å²) < 4.78 is 0. The average molecular weight is 172 g/mol. The van der Waals surface area contributed by atoms with Crippen molar-refractivity contribution in [1.82, 2.24) is 0 Å². The maximum Gasteiger partial charge on any atom is 0.220 e. The first-order valence-electron chi connectivity index (χ1n) is 3.70. The molecule has 1 N–H and O–H groups in total. The summed E-state index contributed by atoms with van der Waals surface area (Å²) >= 11 is 0. The van der Waals surface area contributed by atoms with Gasteiger partial charge in [0.2, 0.25) is 5.43 Å². The zero-order valence-corrected chi connectivity index (χ0v) is 6.90. The fraction of sp³-hybridized carbons (Fsp3) is 0. The molecule has 0 aliphatic heterocycles. The lowest BCUT2D eigenvalue weighted by Crippen LogP contribution is -1.93. The molecule has 0 amide bonds. The lowest BCUT2D eigenvalue weighted by atomic mass is 10.2. The summed E-state index contributed by atoms with van der Waals surface area (Å²) in [6.07, 6.45) is 7.93. The van der Waals surface area contributed by atoms with Crippen LogP contribution in [0.4, 0.5) is 0 Å². The third-order valence-electron chi connectivity index (χ3n) is 1.50. The molecule has 0 unspecified atom stereocenters. The van der Waals surface area contributed by atoms with E-state index in [-0.39, 0.29) is 5.75 Å². The van der Waals surface area contributed by atoms with Crippen molar-refractivity contribution in [3.8, 4) is 18.1 Å². The summed E-state index contributed by atoms with van der Waals surface area (Å²) in [6.45, 7) is 0. The van der Waals surface area contributed by atoms with Crippen molar-refractivity contribution >= 4 is 6.08 Å². The van der Waals surface area contributed by atoms with Gasteiger partial charge in [-0.25, -0.2) is 0 Å². The molecular weight excluding hydrogens is 164 g/mol. The van der Waals surface area contributed by atoms with E-state index < -0.39 is 5.43 Å². The summed E-state index contributed by atoms with van der Waals surface area (Å²) in [5.41, 5.74) is 0.00891. The van der Waals surface area contributed by atoms with Gasteiger partial charge in [-0.05, 0) is 18.2 Å². The van der Waals surface area contributed by atoms with Crippen LogP contribution in [-0.2, 0) is 0 Å². The van der Waals surface area contributed by atoms with Crippen LogP contribution >= 0.6 is 0 Å². The number of rotatable bonds is 1. The first-order valence-corrected chi connectivity index (χ1v) is 3.70. The molecule has 1 aromatic carbocycles. The highest BCUT2D eigenvalue weighted by Gasteiger charge is 1.97. The van der Waals surface area contributed by atoms with Gasteiger partial charge in [-0.1, -0.05) is 24.1 Å². The van der Waals surface area contributed by atoms with E-state index >= 15 is 0 Å². The predicted octanol–water partition coefficient (Wildman–Crippen LogP) is 1.40. The molecule has 0 atom stereocenters. The van der Waals surface area contributed by atoms with E-state index in [0.29, 0.717) is 5.56 Å². The molecule has 0 spiro atoms. The fourth-order valence-electron chi connectivity index (χ4n) is 0.875. The van der Waals surface area contributed by atoms with Crippen molar-refractivity contribution in [3.05, 3.63) is 46.1 Å². The second-order valence-electron chi connectivity index (χ2n) is 2.39. The Hall–Kier alpha value is -2.01. The van der Waals surface area contributed by atoms with Gasteiger partial charge in [0, 0.05) is 5.56 Å². The molecule has 0 saturated heterocycles. The zero-order chi connectivity index (χ0) is 9.68. The normalized spacial score (nSPS) is 9.77. The van der Waals surface area contributed by atoms with Gasteiger partial charge in [0.1, 0.15) is 0 Å². The number of allylic oxidation sites excluding steroid dienone is 1. The van der Waals surface area contributed by atoms with Crippen molar-refractivity contribution < 1.29 is 5.11 Å². The average Bonchev–Trinajstić information content (AvgIpc) is 2.28. The first kappa shape index (κ1) is 9.08. The van der Waals surface area contributed by atoms with Crippen molar-refractivity contribution in [1.29, 1.82) is 0 Å². The SMILES string of the molecule is C#C/C=C/c1ccccc(=O)c1O. The van der Waals surface area contributed by atoms with Crippen molar-refractivity contribution in [3.63, 3.8) is 0 Å². The summed E-state index contributed by atoms with van der Waals surface area (Å²) in [7, 11) is 0. The summed E-state index contributed by atoms with van der Waals surface area (Å²) in [5, 5.41) is 9.35. The third kappa shape index (κ3) is 2.21. The number of hydrogen-bond acceptors (Lipinski definition) is 2. The largest absolute Gasteiger partial charge is 0.504 e. The molecule has 0 bridgehead atoms. The van der Waals surface area contributed by atoms with Gasteiger partial charge in [-0.2, -0.15) is 0 Å². The standard InChI is InChI=1S/C11H8O2/c1-2-3-6-9-7-4-5-8-10(12)11(9)13/h1,3-8H,(H,12,13)/b6-3+. The lowest BCUT2D eigenvalue weighted by molar-refractivity contribution is 0.470. The van der Waals surface area contributed by atoms with E-state index in [4.69, 9.17) is 6.42 Å². The van der Waals surface area contributed by atoms with Crippen LogP contribution in [0, 0.1) is 12.3 Å². The minimum atomic E-state index is -0.415. The Balaban J connectivity index is 3.34. The molecular formula is C11H8O2. The van der Waals surface area contributed by atoms with Gasteiger partial charge in [0.05, 0.1) is 0 Å². The van der Waals surface area contributed by atoms with Crippen LogP contribution in [0.5, 0.6) is 5.75 Å². The second-order valence-corrected chi connectivity index (χ2v) is 2.39. The van der Waals surface area contributed by atoms with Crippen LogP contribution in [0.25, 0.3) is 6.08 Å². The highest BCUT2D eigenvalue weighted by Crippen LogP contribution is 2.10. The molecule has 1 rings (SSSR count). The van der Waals surface area contributed by atoms with Crippen LogP contribution in [0.3, 0.4) is 0 Å². The third-order valence-corrected chi connectivity index (χ3v) is 1.50. The molecule has 0 aliphatic carbocycles. The van der Waals surface area contributed by atoms with Crippen molar-refractivity contribution in [2.75, 3.05) is 0 Å². The van der Waals surface area contributed by atoms with E-state index in [1.807, 2.05) is 0 Å². The molecule has 0 heterocycles. The number of hydrogen-bond donors (Lipinski definition) is 1. The molecule has 13 heavy (non-hydrogen) atoms. The van der Waals surface area contributed by atoms with Gasteiger partial charge in [-0.3, -0.25) is 4.79 Å². The van der Waals surface area contributed by atoms with Crippen LogP contribution in [-0.4, -0.2) is 5.11 Å². The van der Waals surface area contributed by atoms with Gasteiger partial charge in [0.25, 0.3) is 0 Å². The molecule has 0 fully saturated rings. The van der Waals surface area contributed by atoms with Gasteiger partial charge in [-0.15, -0.1) is 6.42 Å². The molecule has 0 aliphatic rings. The molecule has 0 aromatic heterocycles. The van der Waals surface area contributed by atoms with E-state index in [1.165, 1.54) is 18.2 Å². The minimum absolute atomic E-state index is 0.281. The van der Waals surface area contributed by atoms with Crippen LogP contribution in [0.2, 0.25) is 0 Å². The van der Waals surface area contributed by atoms with Gasteiger partial charge in [0.15, 0.2) is 5.75 Å². The maximum atomic E-state index is 11.1. The summed E-state index contributed by atoms with van der Waals surface area (Å²) in [5.74, 6) is 2.00. The second kappa shape index (κ2) is 4.13. The monoisotopic (exact) mass is 172 g/mol. The number of aromatic hydroxyl groups is 1. The first-order chi connectivity index (χ1) is 6.25. The van der Waals surface area contributed by atoms with Crippen LogP contribution in [0.15, 0.2) is 35.1 Å². The van der Waals surface area contributed by atoms with E-state index in [2.05, 4.69) is 5.92 Å². The highest BCUT2D eigenvalue weighted by atomic mass is 16.3. The van der Waals surface area contributed by atoms with Crippen molar-refractivity contribution in [2.24, 2.45) is 0 Å². The molecule has 2 heteroatoms. The van der Waals surface area contributed by atoms with E-state index in [0.717, 1.165) is 0 Å². The lowest BCUT2D eigenvalue weighted by Gasteiger charge is -1.89. The maximum absolute atomic E-state index is 11.1.